The minimum absolute atomic E-state index is 0.0239. The Morgan fingerprint density at radius 1 is 0.885 bits per heavy atom. The van der Waals surface area contributed by atoms with Gasteiger partial charge in [0.15, 0.2) is 0 Å². The van der Waals surface area contributed by atoms with Crippen LogP contribution in [0.2, 0.25) is 0 Å². The number of alkyl halides is 6. The predicted molar refractivity (Wildman–Crippen MR) is 82.3 cm³/mol. The second kappa shape index (κ2) is 6.89. The summed E-state index contributed by atoms with van der Waals surface area (Å²) in [7, 11) is 2.23. The summed E-state index contributed by atoms with van der Waals surface area (Å²) in [4.78, 5) is 12.7. The summed E-state index contributed by atoms with van der Waals surface area (Å²) < 4.78 is 84.1. The van der Waals surface area contributed by atoms with Crippen molar-refractivity contribution in [2.45, 2.75) is 12.4 Å². The third-order valence-corrected chi connectivity index (χ3v) is 3.66. The molecule has 26 heavy (non-hydrogen) atoms. The summed E-state index contributed by atoms with van der Waals surface area (Å²) in [6, 6.07) is 7.67. The first-order valence-corrected chi connectivity index (χ1v) is 7.17. The van der Waals surface area contributed by atoms with E-state index in [1.165, 1.54) is 24.3 Å². The molecule has 0 aliphatic heterocycles. The minimum atomic E-state index is -5.25. The summed E-state index contributed by atoms with van der Waals surface area (Å²) in [6.45, 7) is 0. The second-order valence-electron chi connectivity index (χ2n) is 5.26. The molecule has 0 heterocycles. The number of esters is 1. The van der Waals surface area contributed by atoms with Crippen molar-refractivity contribution in [3.05, 3.63) is 59.2 Å². The van der Waals surface area contributed by atoms with Crippen LogP contribution in [0.15, 0.2) is 42.5 Å². The molecule has 2 aromatic carbocycles. The van der Waals surface area contributed by atoms with Gasteiger partial charge in [0.25, 0.3) is 0 Å². The fourth-order valence-electron chi connectivity index (χ4n) is 2.53. The number of hydrogen-bond acceptors (Lipinski definition) is 3. The number of carbonyl (C=O) groups is 1. The van der Waals surface area contributed by atoms with Gasteiger partial charge in [-0.15, -0.1) is 0 Å². The number of benzene rings is 2. The summed E-state index contributed by atoms with van der Waals surface area (Å²) in [5.41, 5.74) is -4.46. The molecule has 0 fully saturated rings. The fraction of sp³-hybridized carbons (Fsp3) is 0.235. The van der Waals surface area contributed by atoms with Crippen LogP contribution in [0, 0.1) is 0 Å². The molecule has 0 saturated heterocycles. The molecule has 3 nitrogen and oxygen atoms in total. The molecule has 2 aromatic rings. The third-order valence-electron chi connectivity index (χ3n) is 3.66. The van der Waals surface area contributed by atoms with Gasteiger partial charge >= 0.3 is 18.3 Å². The first kappa shape index (κ1) is 19.6. The van der Waals surface area contributed by atoms with Crippen LogP contribution in [-0.2, 0) is 17.1 Å². The highest BCUT2D eigenvalue weighted by atomic mass is 19.4. The smallest absolute Gasteiger partial charge is 0.419 e. The largest absolute Gasteiger partial charge is 0.465 e. The highest BCUT2D eigenvalue weighted by Gasteiger charge is 2.45. The van der Waals surface area contributed by atoms with Gasteiger partial charge in [-0.1, -0.05) is 18.2 Å². The molecule has 0 N–H and O–H groups in total. The molecule has 140 valence electrons. The fourth-order valence-corrected chi connectivity index (χ4v) is 2.53. The molecule has 0 amide bonds. The quantitative estimate of drug-likeness (QED) is 0.539. The standard InChI is InChI=1S/C17H13F6NO2/c1-24(12-8-4-3-6-10(12)15(25)26-2)13-9-5-7-11(16(18,19)20)14(13)17(21,22)23/h3-9H,1-2H3. The zero-order valence-corrected chi connectivity index (χ0v) is 13.6. The average Bonchev–Trinajstić information content (AvgIpc) is 2.58. The van der Waals surface area contributed by atoms with E-state index in [1.807, 2.05) is 0 Å². The van der Waals surface area contributed by atoms with Gasteiger partial charge in [-0.25, -0.2) is 4.79 Å². The Balaban J connectivity index is 2.72. The van der Waals surface area contributed by atoms with E-state index >= 15 is 0 Å². The third kappa shape index (κ3) is 3.76. The number of hydrogen-bond donors (Lipinski definition) is 0. The second-order valence-corrected chi connectivity index (χ2v) is 5.26. The number of ether oxygens (including phenoxy) is 1. The van der Waals surface area contributed by atoms with Crippen LogP contribution in [0.4, 0.5) is 37.7 Å². The van der Waals surface area contributed by atoms with Crippen molar-refractivity contribution < 1.29 is 35.9 Å². The molecule has 0 aromatic heterocycles. The summed E-state index contributed by atoms with van der Waals surface area (Å²) in [6.07, 6.45) is -10.4. The van der Waals surface area contributed by atoms with E-state index in [0.29, 0.717) is 6.07 Å². The maximum absolute atomic E-state index is 13.4. The number of anilines is 2. The number of para-hydroxylation sites is 1. The van der Waals surface area contributed by atoms with Gasteiger partial charge in [0.2, 0.25) is 0 Å². The number of carbonyl (C=O) groups excluding carboxylic acids is 1. The van der Waals surface area contributed by atoms with Crippen LogP contribution in [0.3, 0.4) is 0 Å². The SMILES string of the molecule is COC(=O)c1ccccc1N(C)c1cccc(C(F)(F)F)c1C(F)(F)F. The molecule has 0 bridgehead atoms. The topological polar surface area (TPSA) is 29.5 Å². The Kier molecular flexibility index (Phi) is 5.20. The molecule has 0 saturated carbocycles. The van der Waals surface area contributed by atoms with Crippen molar-refractivity contribution in [3.8, 4) is 0 Å². The Labute approximate surface area is 144 Å². The van der Waals surface area contributed by atoms with Crippen LogP contribution in [0.1, 0.15) is 21.5 Å². The van der Waals surface area contributed by atoms with Crippen molar-refractivity contribution in [1.82, 2.24) is 0 Å². The van der Waals surface area contributed by atoms with E-state index in [9.17, 15) is 31.1 Å². The van der Waals surface area contributed by atoms with E-state index in [4.69, 9.17) is 0 Å². The van der Waals surface area contributed by atoms with Crippen molar-refractivity contribution in [1.29, 1.82) is 0 Å². The molecule has 0 radical (unpaired) electrons. The van der Waals surface area contributed by atoms with Crippen LogP contribution >= 0.6 is 0 Å². The normalized spacial score (nSPS) is 12.0. The lowest BCUT2D eigenvalue weighted by Gasteiger charge is -2.27. The number of nitrogens with zero attached hydrogens (tertiary/aromatic N) is 1. The van der Waals surface area contributed by atoms with E-state index in [1.54, 1.807) is 0 Å². The van der Waals surface area contributed by atoms with Crippen molar-refractivity contribution in [2.75, 3.05) is 19.1 Å². The van der Waals surface area contributed by atoms with E-state index in [2.05, 4.69) is 4.74 Å². The van der Waals surface area contributed by atoms with Gasteiger partial charge in [-0.05, 0) is 24.3 Å². The van der Waals surface area contributed by atoms with Crippen LogP contribution in [-0.4, -0.2) is 20.1 Å². The summed E-state index contributed by atoms with van der Waals surface area (Å²) in [5.74, 6) is -0.826. The molecular formula is C17H13F6NO2. The Bertz CT molecular complexity index is 814. The molecule has 0 aliphatic carbocycles. The summed E-state index contributed by atoms with van der Waals surface area (Å²) in [5, 5.41) is 0. The maximum Gasteiger partial charge on any atom is 0.419 e. The number of methoxy groups -OCH3 is 1. The molecule has 0 aliphatic rings. The minimum Gasteiger partial charge on any atom is -0.465 e. The summed E-state index contributed by atoms with van der Waals surface area (Å²) >= 11 is 0. The van der Waals surface area contributed by atoms with E-state index in [0.717, 1.165) is 31.2 Å². The number of rotatable bonds is 3. The first-order chi connectivity index (χ1) is 12.0. The van der Waals surface area contributed by atoms with Gasteiger partial charge in [0, 0.05) is 7.05 Å². The van der Waals surface area contributed by atoms with E-state index < -0.39 is 35.1 Å². The average molecular weight is 377 g/mol. The van der Waals surface area contributed by atoms with Gasteiger partial charge in [0.05, 0.1) is 35.2 Å². The van der Waals surface area contributed by atoms with Gasteiger partial charge in [-0.2, -0.15) is 26.3 Å². The maximum atomic E-state index is 13.4. The van der Waals surface area contributed by atoms with Crippen molar-refractivity contribution in [2.24, 2.45) is 0 Å². The van der Waals surface area contributed by atoms with Gasteiger partial charge in [-0.3, -0.25) is 0 Å². The lowest BCUT2D eigenvalue weighted by molar-refractivity contribution is -0.161. The van der Waals surface area contributed by atoms with Gasteiger partial charge < -0.3 is 9.64 Å². The molecule has 0 unspecified atom stereocenters. The Morgan fingerprint density at radius 2 is 1.46 bits per heavy atom. The van der Waals surface area contributed by atoms with Crippen molar-refractivity contribution >= 4 is 17.3 Å². The molecule has 2 rings (SSSR count). The van der Waals surface area contributed by atoms with Crippen LogP contribution in [0.25, 0.3) is 0 Å². The van der Waals surface area contributed by atoms with Gasteiger partial charge in [0.1, 0.15) is 0 Å². The number of halogens is 6. The Morgan fingerprint density at radius 3 is 2.00 bits per heavy atom. The van der Waals surface area contributed by atoms with E-state index in [-0.39, 0.29) is 11.3 Å². The van der Waals surface area contributed by atoms with Crippen LogP contribution in [0.5, 0.6) is 0 Å². The monoisotopic (exact) mass is 377 g/mol. The molecular weight excluding hydrogens is 364 g/mol. The highest BCUT2D eigenvalue weighted by Crippen LogP contribution is 2.46. The Hall–Kier alpha value is -2.71. The first-order valence-electron chi connectivity index (χ1n) is 7.17. The van der Waals surface area contributed by atoms with Crippen molar-refractivity contribution in [3.63, 3.8) is 0 Å². The lowest BCUT2D eigenvalue weighted by atomic mass is 10.0. The highest BCUT2D eigenvalue weighted by molar-refractivity contribution is 5.97. The zero-order chi connectivity index (χ0) is 19.7. The predicted octanol–water partition coefficient (Wildman–Crippen LogP) is 5.28. The molecule has 0 atom stereocenters. The molecule has 9 heteroatoms. The molecule has 0 spiro atoms. The lowest BCUT2D eigenvalue weighted by Crippen LogP contribution is -2.23. The zero-order valence-electron chi connectivity index (χ0n) is 13.6. The van der Waals surface area contributed by atoms with Crippen LogP contribution < -0.4 is 4.90 Å².